The average Bonchev–Trinajstić information content (AvgIpc) is 3.78. The molecule has 5 nitrogen and oxygen atoms in total. The van der Waals surface area contributed by atoms with E-state index in [1.54, 1.807) is 0 Å². The van der Waals surface area contributed by atoms with Gasteiger partial charge in [-0.1, -0.05) is 121 Å². The Morgan fingerprint density at radius 1 is 0.442 bits per heavy atom. The molecule has 11 rings (SSSR count). The predicted octanol–water partition coefficient (Wildman–Crippen LogP) is 12.0. The van der Waals surface area contributed by atoms with Crippen LogP contribution in [0.5, 0.6) is 0 Å². The van der Waals surface area contributed by atoms with Gasteiger partial charge in [-0.05, 0) is 80.7 Å². The topological polar surface area (TPSA) is 63.0 Å². The number of hydrogen-bond donors (Lipinski definition) is 1. The van der Waals surface area contributed by atoms with Crippen molar-refractivity contribution < 1.29 is 8.83 Å². The minimum absolute atomic E-state index is 0.380. The third kappa shape index (κ3) is 4.56. The van der Waals surface area contributed by atoms with Crippen LogP contribution in [0.3, 0.4) is 0 Å². The van der Waals surface area contributed by atoms with Gasteiger partial charge in [-0.25, -0.2) is 9.98 Å². The molecule has 0 fully saturated rings. The Balaban J connectivity index is 1.14. The third-order valence-electron chi connectivity index (χ3n) is 10.3. The van der Waals surface area contributed by atoms with Gasteiger partial charge >= 0.3 is 0 Å². The molecule has 1 atom stereocenters. The molecule has 1 N–H and O–H groups in total. The minimum atomic E-state index is -0.380. The van der Waals surface area contributed by atoms with E-state index in [-0.39, 0.29) is 6.17 Å². The van der Waals surface area contributed by atoms with Crippen LogP contribution in [-0.4, -0.2) is 11.7 Å². The van der Waals surface area contributed by atoms with E-state index in [9.17, 15) is 0 Å². The Bertz CT molecular complexity index is 3110. The second kappa shape index (κ2) is 11.3. The summed E-state index contributed by atoms with van der Waals surface area (Å²) in [6, 6.07) is 56.9. The van der Waals surface area contributed by atoms with E-state index in [0.29, 0.717) is 5.84 Å². The second-order valence-electron chi connectivity index (χ2n) is 13.4. The highest BCUT2D eigenvalue weighted by Crippen LogP contribution is 2.39. The molecule has 0 saturated carbocycles. The Morgan fingerprint density at radius 3 is 1.96 bits per heavy atom. The van der Waals surface area contributed by atoms with Crippen LogP contribution in [0.2, 0.25) is 0 Å². The monoisotopic (exact) mass is 667 g/mol. The SMILES string of the molecule is c1ccc(C2=NC(c3cc(-c4ccc5c(c4)oc4ccccc45)cc4oc5ccccc5c34)=NC(c3ccc4ccc5ccccc5c4c3)N2)cc1. The standard InChI is InChI=1S/C47H29N3O2/c1-2-11-30(12-3-1)45-48-46(32-21-20-29-19-18-28-10-4-5-13-34(28)38(29)24-32)50-47(49-45)39-25-33(27-43-44(39)37-15-7-9-17-41(37)52-43)31-22-23-36-35-14-6-8-16-40(35)51-42(36)26-31/h1-27,46H,(H,48,49,50). The molecule has 0 saturated heterocycles. The van der Waals surface area contributed by atoms with Crippen molar-refractivity contribution in [1.29, 1.82) is 0 Å². The van der Waals surface area contributed by atoms with Crippen LogP contribution < -0.4 is 5.32 Å². The number of benzene rings is 8. The maximum atomic E-state index is 6.55. The maximum Gasteiger partial charge on any atom is 0.160 e. The first kappa shape index (κ1) is 28.8. The normalized spacial score (nSPS) is 14.7. The number of fused-ring (bicyclic) bond motifs is 9. The van der Waals surface area contributed by atoms with Gasteiger partial charge in [0.1, 0.15) is 34.3 Å². The van der Waals surface area contributed by atoms with Gasteiger partial charge in [-0.15, -0.1) is 0 Å². The summed E-state index contributed by atoms with van der Waals surface area (Å²) in [7, 11) is 0. The molecule has 10 aromatic rings. The van der Waals surface area contributed by atoms with Crippen molar-refractivity contribution in [3.8, 4) is 11.1 Å². The molecule has 244 valence electrons. The van der Waals surface area contributed by atoms with E-state index in [2.05, 4.69) is 121 Å². The second-order valence-corrected chi connectivity index (χ2v) is 13.4. The summed E-state index contributed by atoms with van der Waals surface area (Å²) < 4.78 is 12.9. The summed E-state index contributed by atoms with van der Waals surface area (Å²) in [5, 5.41) is 12.7. The quantitative estimate of drug-likeness (QED) is 0.190. The first-order valence-electron chi connectivity index (χ1n) is 17.5. The number of nitrogens with one attached hydrogen (secondary N) is 1. The zero-order chi connectivity index (χ0) is 34.2. The van der Waals surface area contributed by atoms with Crippen LogP contribution in [-0.2, 0) is 0 Å². The predicted molar refractivity (Wildman–Crippen MR) is 213 cm³/mol. The highest BCUT2D eigenvalue weighted by Gasteiger charge is 2.25. The lowest BCUT2D eigenvalue weighted by atomic mass is 9.96. The van der Waals surface area contributed by atoms with E-state index >= 15 is 0 Å². The molecule has 52 heavy (non-hydrogen) atoms. The Hall–Kier alpha value is -6.98. The van der Waals surface area contributed by atoms with Crippen molar-refractivity contribution in [3.05, 3.63) is 180 Å². The highest BCUT2D eigenvalue weighted by atomic mass is 16.3. The smallest absolute Gasteiger partial charge is 0.160 e. The largest absolute Gasteiger partial charge is 0.456 e. The van der Waals surface area contributed by atoms with Crippen LogP contribution in [0, 0.1) is 0 Å². The molecule has 0 bridgehead atoms. The number of amidine groups is 2. The van der Waals surface area contributed by atoms with Crippen molar-refractivity contribution in [2.45, 2.75) is 6.17 Å². The fraction of sp³-hybridized carbons (Fsp3) is 0.0213. The molecule has 0 spiro atoms. The summed E-state index contributed by atoms with van der Waals surface area (Å²) in [5.74, 6) is 1.41. The maximum absolute atomic E-state index is 6.55. The van der Waals surface area contributed by atoms with Crippen LogP contribution in [0.25, 0.3) is 76.5 Å². The zero-order valence-corrected chi connectivity index (χ0v) is 27.9. The van der Waals surface area contributed by atoms with Crippen LogP contribution in [0.4, 0.5) is 0 Å². The number of para-hydroxylation sites is 2. The Morgan fingerprint density at radius 2 is 1.10 bits per heavy atom. The Kier molecular flexibility index (Phi) is 6.25. The van der Waals surface area contributed by atoms with Crippen molar-refractivity contribution in [2.24, 2.45) is 9.98 Å². The van der Waals surface area contributed by atoms with Crippen molar-refractivity contribution in [3.63, 3.8) is 0 Å². The molecule has 1 unspecified atom stereocenters. The fourth-order valence-corrected chi connectivity index (χ4v) is 7.78. The van der Waals surface area contributed by atoms with Gasteiger partial charge in [0.15, 0.2) is 5.84 Å². The minimum Gasteiger partial charge on any atom is -0.456 e. The average molecular weight is 668 g/mol. The molecule has 1 aliphatic heterocycles. The molecule has 0 aliphatic carbocycles. The molecule has 3 heterocycles. The molecule has 5 heteroatoms. The number of rotatable bonds is 4. The lowest BCUT2D eigenvalue weighted by Crippen LogP contribution is -2.33. The van der Waals surface area contributed by atoms with Gasteiger partial charge in [0.25, 0.3) is 0 Å². The summed E-state index contributed by atoms with van der Waals surface area (Å²) in [6.07, 6.45) is -0.380. The summed E-state index contributed by atoms with van der Waals surface area (Å²) in [4.78, 5) is 10.6. The summed E-state index contributed by atoms with van der Waals surface area (Å²) in [5.41, 5.74) is 8.31. The molecular formula is C47H29N3O2. The fourth-order valence-electron chi connectivity index (χ4n) is 7.78. The summed E-state index contributed by atoms with van der Waals surface area (Å²) in [6.45, 7) is 0. The van der Waals surface area contributed by atoms with Gasteiger partial charge in [0.2, 0.25) is 0 Å². The molecular weight excluding hydrogens is 639 g/mol. The van der Waals surface area contributed by atoms with Gasteiger partial charge in [0, 0.05) is 32.7 Å². The van der Waals surface area contributed by atoms with Crippen LogP contribution >= 0.6 is 0 Å². The number of furan rings is 2. The van der Waals surface area contributed by atoms with E-state index in [0.717, 1.165) is 77.5 Å². The van der Waals surface area contributed by atoms with Crippen LogP contribution in [0.1, 0.15) is 22.9 Å². The van der Waals surface area contributed by atoms with Crippen molar-refractivity contribution in [1.82, 2.24) is 5.32 Å². The molecule has 2 aromatic heterocycles. The number of nitrogens with zero attached hydrogens (tertiary/aromatic N) is 2. The molecule has 1 aliphatic rings. The molecule has 8 aromatic carbocycles. The first-order valence-corrected chi connectivity index (χ1v) is 17.5. The zero-order valence-electron chi connectivity index (χ0n) is 27.9. The van der Waals surface area contributed by atoms with E-state index in [4.69, 9.17) is 18.8 Å². The lowest BCUT2D eigenvalue weighted by molar-refractivity contribution is 0.668. The number of aliphatic imine (C=N–C) groups is 2. The van der Waals surface area contributed by atoms with E-state index < -0.39 is 0 Å². The van der Waals surface area contributed by atoms with Crippen molar-refractivity contribution in [2.75, 3.05) is 0 Å². The van der Waals surface area contributed by atoms with Gasteiger partial charge in [0.05, 0.1) is 0 Å². The Labute approximate surface area is 298 Å². The number of hydrogen-bond acceptors (Lipinski definition) is 5. The molecule has 0 radical (unpaired) electrons. The van der Waals surface area contributed by atoms with Crippen LogP contribution in [0.15, 0.2) is 183 Å². The van der Waals surface area contributed by atoms with Gasteiger partial charge in [-0.3, -0.25) is 0 Å². The van der Waals surface area contributed by atoms with E-state index in [1.807, 2.05) is 48.5 Å². The third-order valence-corrected chi connectivity index (χ3v) is 10.3. The summed E-state index contributed by atoms with van der Waals surface area (Å²) >= 11 is 0. The molecule has 0 amide bonds. The van der Waals surface area contributed by atoms with Gasteiger partial charge in [-0.2, -0.15) is 0 Å². The highest BCUT2D eigenvalue weighted by molar-refractivity contribution is 6.23. The lowest BCUT2D eigenvalue weighted by Gasteiger charge is -2.24. The van der Waals surface area contributed by atoms with E-state index in [1.165, 1.54) is 21.5 Å². The van der Waals surface area contributed by atoms with Crippen molar-refractivity contribution >= 4 is 77.1 Å². The van der Waals surface area contributed by atoms with Gasteiger partial charge < -0.3 is 14.2 Å². The first-order chi connectivity index (χ1) is 25.7.